The van der Waals surface area contributed by atoms with Gasteiger partial charge in [0.05, 0.1) is 11.0 Å². The summed E-state index contributed by atoms with van der Waals surface area (Å²) in [4.78, 5) is 8.67. The van der Waals surface area contributed by atoms with Crippen molar-refractivity contribution < 1.29 is 0 Å². The summed E-state index contributed by atoms with van der Waals surface area (Å²) in [5, 5.41) is 3.67. The van der Waals surface area contributed by atoms with Crippen molar-refractivity contribution in [2.45, 2.75) is 39.2 Å². The Kier molecular flexibility index (Phi) is 3.36. The molecule has 2 aromatic rings. The van der Waals surface area contributed by atoms with Crippen molar-refractivity contribution in [3.63, 3.8) is 0 Å². The quantitative estimate of drug-likeness (QED) is 0.885. The van der Waals surface area contributed by atoms with Gasteiger partial charge in [0.15, 0.2) is 0 Å². The second-order valence-corrected chi connectivity index (χ2v) is 6.02. The van der Waals surface area contributed by atoms with Crippen molar-refractivity contribution >= 4 is 16.7 Å². The molecular weight excluding hydrogens is 234 g/mol. The minimum atomic E-state index is 0.591. The van der Waals surface area contributed by atoms with Gasteiger partial charge in [0.25, 0.3) is 0 Å². The van der Waals surface area contributed by atoms with Crippen LogP contribution in [0.1, 0.15) is 33.1 Å². The minimum absolute atomic E-state index is 0.591. The Morgan fingerprint density at radius 1 is 0.947 bits per heavy atom. The molecule has 1 aliphatic carbocycles. The number of aromatic nitrogens is 2. The number of benzene rings is 1. The third-order valence-corrected chi connectivity index (χ3v) is 4.02. The largest absolute Gasteiger partial charge is 0.382 e. The highest BCUT2D eigenvalue weighted by Crippen LogP contribution is 2.30. The molecule has 100 valence electrons. The fourth-order valence-corrected chi connectivity index (χ4v) is 3.35. The van der Waals surface area contributed by atoms with Gasteiger partial charge in [-0.05, 0) is 49.3 Å². The van der Waals surface area contributed by atoms with Gasteiger partial charge in [0, 0.05) is 24.1 Å². The molecule has 2 unspecified atom stereocenters. The summed E-state index contributed by atoms with van der Waals surface area (Å²) in [6, 6.07) is 6.85. The van der Waals surface area contributed by atoms with Gasteiger partial charge in [0.2, 0.25) is 0 Å². The third-order valence-electron chi connectivity index (χ3n) is 4.02. The van der Waals surface area contributed by atoms with Gasteiger partial charge in [-0.15, -0.1) is 0 Å². The van der Waals surface area contributed by atoms with Crippen molar-refractivity contribution in [2.24, 2.45) is 11.8 Å². The van der Waals surface area contributed by atoms with E-state index in [0.717, 1.165) is 22.9 Å². The summed E-state index contributed by atoms with van der Waals surface area (Å²) < 4.78 is 0. The Labute approximate surface area is 114 Å². The first-order valence-corrected chi connectivity index (χ1v) is 7.18. The van der Waals surface area contributed by atoms with Crippen molar-refractivity contribution in [1.29, 1.82) is 0 Å². The predicted octanol–water partition coefficient (Wildman–Crippen LogP) is 3.87. The van der Waals surface area contributed by atoms with Crippen LogP contribution in [-0.4, -0.2) is 16.0 Å². The molecule has 0 spiro atoms. The highest BCUT2D eigenvalue weighted by molar-refractivity contribution is 5.78. The lowest BCUT2D eigenvalue weighted by atomic mass is 9.80. The van der Waals surface area contributed by atoms with Gasteiger partial charge in [-0.1, -0.05) is 13.8 Å². The lowest BCUT2D eigenvalue weighted by Crippen LogP contribution is -2.30. The molecule has 1 aromatic heterocycles. The van der Waals surface area contributed by atoms with E-state index < -0.39 is 0 Å². The molecule has 3 heteroatoms. The van der Waals surface area contributed by atoms with E-state index in [1.54, 1.807) is 12.4 Å². The van der Waals surface area contributed by atoms with E-state index in [2.05, 4.69) is 41.3 Å². The standard InChI is InChI=1S/C16H21N3/c1-11-7-12(2)9-14(8-11)19-13-3-4-15-16(10-13)18-6-5-17-15/h3-6,10-12,14,19H,7-9H2,1-2H3. The molecule has 1 fully saturated rings. The van der Waals surface area contributed by atoms with Crippen LogP contribution in [0.2, 0.25) is 0 Å². The Morgan fingerprint density at radius 3 is 2.37 bits per heavy atom. The number of hydrogen-bond donors (Lipinski definition) is 1. The summed E-state index contributed by atoms with van der Waals surface area (Å²) in [5.41, 5.74) is 3.09. The fraction of sp³-hybridized carbons (Fsp3) is 0.500. The molecule has 0 saturated heterocycles. The van der Waals surface area contributed by atoms with Crippen LogP contribution in [-0.2, 0) is 0 Å². The lowest BCUT2D eigenvalue weighted by molar-refractivity contribution is 0.281. The number of anilines is 1. The van der Waals surface area contributed by atoms with E-state index >= 15 is 0 Å². The van der Waals surface area contributed by atoms with Crippen LogP contribution in [0.25, 0.3) is 11.0 Å². The molecule has 1 N–H and O–H groups in total. The Balaban J connectivity index is 1.77. The summed E-state index contributed by atoms with van der Waals surface area (Å²) in [6.45, 7) is 4.71. The third kappa shape index (κ3) is 2.86. The zero-order valence-electron chi connectivity index (χ0n) is 11.6. The van der Waals surface area contributed by atoms with Crippen molar-refractivity contribution in [3.05, 3.63) is 30.6 Å². The van der Waals surface area contributed by atoms with Crippen LogP contribution in [0, 0.1) is 11.8 Å². The van der Waals surface area contributed by atoms with Crippen molar-refractivity contribution in [2.75, 3.05) is 5.32 Å². The van der Waals surface area contributed by atoms with Gasteiger partial charge in [0.1, 0.15) is 0 Å². The second-order valence-electron chi connectivity index (χ2n) is 6.02. The Hall–Kier alpha value is -1.64. The normalized spacial score (nSPS) is 27.4. The van der Waals surface area contributed by atoms with Gasteiger partial charge >= 0.3 is 0 Å². The molecule has 19 heavy (non-hydrogen) atoms. The smallest absolute Gasteiger partial charge is 0.0907 e. The summed E-state index contributed by atoms with van der Waals surface area (Å²) in [5.74, 6) is 1.64. The van der Waals surface area contributed by atoms with E-state index in [1.165, 1.54) is 24.9 Å². The van der Waals surface area contributed by atoms with Crippen LogP contribution in [0.5, 0.6) is 0 Å². The van der Waals surface area contributed by atoms with Gasteiger partial charge in [-0.2, -0.15) is 0 Å². The molecule has 0 radical (unpaired) electrons. The SMILES string of the molecule is CC1CC(C)CC(Nc2ccc3nccnc3c2)C1. The predicted molar refractivity (Wildman–Crippen MR) is 79.1 cm³/mol. The van der Waals surface area contributed by atoms with E-state index in [9.17, 15) is 0 Å². The number of hydrogen-bond acceptors (Lipinski definition) is 3. The summed E-state index contributed by atoms with van der Waals surface area (Å²) in [7, 11) is 0. The summed E-state index contributed by atoms with van der Waals surface area (Å²) >= 11 is 0. The summed E-state index contributed by atoms with van der Waals surface area (Å²) in [6.07, 6.45) is 7.38. The highest BCUT2D eigenvalue weighted by atomic mass is 14.9. The average Bonchev–Trinajstić information content (AvgIpc) is 2.37. The molecule has 2 atom stereocenters. The topological polar surface area (TPSA) is 37.8 Å². The van der Waals surface area contributed by atoms with Gasteiger partial charge in [-0.25, -0.2) is 0 Å². The van der Waals surface area contributed by atoms with Gasteiger partial charge in [-0.3, -0.25) is 9.97 Å². The van der Waals surface area contributed by atoms with Crippen LogP contribution in [0.3, 0.4) is 0 Å². The van der Waals surface area contributed by atoms with Gasteiger partial charge < -0.3 is 5.32 Å². The highest BCUT2D eigenvalue weighted by Gasteiger charge is 2.23. The maximum absolute atomic E-state index is 4.36. The number of fused-ring (bicyclic) bond motifs is 1. The first-order valence-electron chi connectivity index (χ1n) is 7.18. The Bertz CT molecular complexity index is 557. The van der Waals surface area contributed by atoms with Crippen molar-refractivity contribution in [3.8, 4) is 0 Å². The lowest BCUT2D eigenvalue weighted by Gasteiger charge is -2.32. The van der Waals surface area contributed by atoms with Crippen LogP contribution in [0.15, 0.2) is 30.6 Å². The average molecular weight is 255 g/mol. The monoisotopic (exact) mass is 255 g/mol. The molecule has 3 rings (SSSR count). The molecule has 1 saturated carbocycles. The first-order chi connectivity index (χ1) is 9.20. The first kappa shape index (κ1) is 12.4. The molecule has 0 aliphatic heterocycles. The zero-order chi connectivity index (χ0) is 13.2. The van der Waals surface area contributed by atoms with Crippen LogP contribution in [0.4, 0.5) is 5.69 Å². The minimum Gasteiger partial charge on any atom is -0.382 e. The van der Waals surface area contributed by atoms with E-state index in [0.29, 0.717) is 6.04 Å². The van der Waals surface area contributed by atoms with E-state index in [1.807, 2.05) is 6.07 Å². The maximum Gasteiger partial charge on any atom is 0.0907 e. The molecule has 0 amide bonds. The van der Waals surface area contributed by atoms with E-state index in [-0.39, 0.29) is 0 Å². The van der Waals surface area contributed by atoms with E-state index in [4.69, 9.17) is 0 Å². The maximum atomic E-state index is 4.36. The zero-order valence-corrected chi connectivity index (χ0v) is 11.6. The molecule has 0 bridgehead atoms. The second kappa shape index (κ2) is 5.16. The molecule has 1 heterocycles. The van der Waals surface area contributed by atoms with Crippen LogP contribution >= 0.6 is 0 Å². The molecule has 1 aliphatic rings. The fourth-order valence-electron chi connectivity index (χ4n) is 3.35. The Morgan fingerprint density at radius 2 is 1.63 bits per heavy atom. The molecule has 3 nitrogen and oxygen atoms in total. The number of nitrogens with zero attached hydrogens (tertiary/aromatic N) is 2. The van der Waals surface area contributed by atoms with Crippen LogP contribution < -0.4 is 5.32 Å². The molecular formula is C16H21N3. The number of rotatable bonds is 2. The molecule has 1 aromatic carbocycles. The number of nitrogens with one attached hydrogen (secondary N) is 1. The van der Waals surface area contributed by atoms with Crippen molar-refractivity contribution in [1.82, 2.24) is 9.97 Å².